The molecule has 0 bridgehead atoms. The third-order valence-electron chi connectivity index (χ3n) is 3.13. The lowest BCUT2D eigenvalue weighted by Crippen LogP contribution is -2.18. The molecule has 0 radical (unpaired) electrons. The number of aromatic carboxylic acids is 1. The fourth-order valence-electron chi connectivity index (χ4n) is 1.95. The van der Waals surface area contributed by atoms with Crippen LogP contribution in [0.4, 0.5) is 5.69 Å². The lowest BCUT2D eigenvalue weighted by atomic mass is 10.1. The van der Waals surface area contributed by atoms with Gasteiger partial charge in [0.2, 0.25) is 0 Å². The number of carbonyl (C=O) groups is 2. The molecule has 0 aliphatic rings. The fourth-order valence-corrected chi connectivity index (χ4v) is 4.64. The second-order valence-corrected chi connectivity index (χ2v) is 8.19. The van der Waals surface area contributed by atoms with Crippen molar-refractivity contribution in [3.05, 3.63) is 52.2 Å². The average molecular weight is 621 g/mol. The van der Waals surface area contributed by atoms with E-state index >= 15 is 0 Å². The molecule has 5 nitrogen and oxygen atoms in total. The van der Waals surface area contributed by atoms with Crippen LogP contribution in [0.1, 0.15) is 20.7 Å². The Kier molecular flexibility index (Phi) is 6.94. The van der Waals surface area contributed by atoms with E-state index in [1.54, 1.807) is 12.1 Å². The summed E-state index contributed by atoms with van der Waals surface area (Å²) in [4.78, 5) is 24.4. The average Bonchev–Trinajstić information content (AvgIpc) is 2.57. The standard InChI is InChI=1S/C15H8Br4ClNO4/c1-25-5-2-3-7(6(20)4-5)21-14(22)8-9(15(23)24)11(17)13(19)12(18)10(8)16/h2-4H,1H3,(H,21,22)(H,23,24). The highest BCUT2D eigenvalue weighted by molar-refractivity contribution is 9.15. The minimum Gasteiger partial charge on any atom is -0.497 e. The summed E-state index contributed by atoms with van der Waals surface area (Å²) in [5, 5.41) is 12.4. The van der Waals surface area contributed by atoms with Crippen LogP contribution >= 0.6 is 75.3 Å². The van der Waals surface area contributed by atoms with Crippen LogP contribution in [0.5, 0.6) is 5.75 Å². The number of methoxy groups -OCH3 is 1. The van der Waals surface area contributed by atoms with Gasteiger partial charge in [-0.2, -0.15) is 0 Å². The highest BCUT2D eigenvalue weighted by Gasteiger charge is 2.28. The van der Waals surface area contributed by atoms with E-state index in [1.165, 1.54) is 13.2 Å². The Morgan fingerprint density at radius 1 is 1.04 bits per heavy atom. The number of ether oxygens (including phenoxy) is 1. The van der Waals surface area contributed by atoms with Gasteiger partial charge in [-0.05, 0) is 75.9 Å². The van der Waals surface area contributed by atoms with Crippen LogP contribution in [0.15, 0.2) is 36.1 Å². The first-order chi connectivity index (χ1) is 11.7. The molecule has 0 atom stereocenters. The zero-order chi connectivity index (χ0) is 18.9. The van der Waals surface area contributed by atoms with E-state index in [9.17, 15) is 14.7 Å². The van der Waals surface area contributed by atoms with Crippen molar-refractivity contribution in [1.29, 1.82) is 0 Å². The molecule has 0 heterocycles. The van der Waals surface area contributed by atoms with Crippen LogP contribution in [0.25, 0.3) is 0 Å². The summed E-state index contributed by atoms with van der Waals surface area (Å²) in [5.74, 6) is -1.36. The first kappa shape index (κ1) is 20.7. The molecule has 0 saturated carbocycles. The summed E-state index contributed by atoms with van der Waals surface area (Å²) in [7, 11) is 1.50. The van der Waals surface area contributed by atoms with Gasteiger partial charge < -0.3 is 15.2 Å². The van der Waals surface area contributed by atoms with E-state index < -0.39 is 11.9 Å². The molecule has 2 rings (SSSR count). The van der Waals surface area contributed by atoms with Gasteiger partial charge in [0.1, 0.15) is 5.75 Å². The minimum absolute atomic E-state index is 0.0543. The lowest BCUT2D eigenvalue weighted by Gasteiger charge is -2.15. The Balaban J connectivity index is 2.55. The number of rotatable bonds is 4. The minimum atomic E-state index is -1.26. The van der Waals surface area contributed by atoms with E-state index in [0.717, 1.165) is 0 Å². The Bertz CT molecular complexity index is 889. The largest absolute Gasteiger partial charge is 0.497 e. The smallest absolute Gasteiger partial charge is 0.337 e. The quantitative estimate of drug-likeness (QED) is 0.309. The highest BCUT2D eigenvalue weighted by Crippen LogP contribution is 2.42. The number of hydrogen-bond donors (Lipinski definition) is 2. The van der Waals surface area contributed by atoms with Crippen molar-refractivity contribution in [1.82, 2.24) is 0 Å². The fraction of sp³-hybridized carbons (Fsp3) is 0.0667. The molecule has 10 heteroatoms. The van der Waals surface area contributed by atoms with Gasteiger partial charge in [-0.1, -0.05) is 11.6 Å². The molecule has 0 aliphatic heterocycles. The summed E-state index contributed by atoms with van der Waals surface area (Å²) >= 11 is 19.2. The lowest BCUT2D eigenvalue weighted by molar-refractivity contribution is 0.0691. The summed E-state index contributed by atoms with van der Waals surface area (Å²) in [6.07, 6.45) is 0. The van der Waals surface area contributed by atoms with Crippen LogP contribution in [-0.2, 0) is 0 Å². The third kappa shape index (κ3) is 4.21. The van der Waals surface area contributed by atoms with Crippen molar-refractivity contribution >= 4 is 92.9 Å². The Morgan fingerprint density at radius 2 is 1.60 bits per heavy atom. The van der Waals surface area contributed by atoms with E-state index in [-0.39, 0.29) is 20.6 Å². The monoisotopic (exact) mass is 617 g/mol. The van der Waals surface area contributed by atoms with Crippen molar-refractivity contribution in [2.75, 3.05) is 12.4 Å². The summed E-state index contributed by atoms with van der Waals surface area (Å²) in [6, 6.07) is 4.73. The Morgan fingerprint density at radius 3 is 2.08 bits per heavy atom. The van der Waals surface area contributed by atoms with Crippen molar-refractivity contribution in [3.63, 3.8) is 0 Å². The number of benzene rings is 2. The van der Waals surface area contributed by atoms with Crippen LogP contribution < -0.4 is 10.1 Å². The number of amides is 1. The number of hydrogen-bond acceptors (Lipinski definition) is 3. The van der Waals surface area contributed by atoms with Gasteiger partial charge in [0.15, 0.2) is 0 Å². The Labute approximate surface area is 181 Å². The second-order valence-electron chi connectivity index (χ2n) is 4.61. The number of carbonyl (C=O) groups excluding carboxylic acids is 1. The predicted molar refractivity (Wildman–Crippen MR) is 110 cm³/mol. The molecule has 25 heavy (non-hydrogen) atoms. The molecule has 1 amide bonds. The van der Waals surface area contributed by atoms with E-state index in [1.807, 2.05) is 0 Å². The van der Waals surface area contributed by atoms with Gasteiger partial charge >= 0.3 is 5.97 Å². The van der Waals surface area contributed by atoms with Crippen LogP contribution in [0, 0.1) is 0 Å². The maximum atomic E-state index is 12.7. The van der Waals surface area contributed by atoms with Crippen molar-refractivity contribution in [3.8, 4) is 5.75 Å². The second kappa shape index (κ2) is 8.39. The van der Waals surface area contributed by atoms with Crippen LogP contribution in [0.3, 0.4) is 0 Å². The SMILES string of the molecule is COc1ccc(NC(=O)c2c(Br)c(Br)c(Br)c(Br)c2C(=O)O)c(Cl)c1. The highest BCUT2D eigenvalue weighted by atomic mass is 79.9. The van der Waals surface area contributed by atoms with Gasteiger partial charge in [0.05, 0.1) is 28.9 Å². The third-order valence-corrected chi connectivity index (χ3v) is 8.21. The van der Waals surface area contributed by atoms with E-state index in [2.05, 4.69) is 69.0 Å². The van der Waals surface area contributed by atoms with Gasteiger partial charge in [-0.3, -0.25) is 4.79 Å². The molecule has 132 valence electrons. The molecular formula is C15H8Br4ClNO4. The van der Waals surface area contributed by atoms with Crippen LogP contribution in [0.2, 0.25) is 5.02 Å². The van der Waals surface area contributed by atoms with Crippen molar-refractivity contribution in [2.24, 2.45) is 0 Å². The molecule has 2 N–H and O–H groups in total. The maximum absolute atomic E-state index is 12.7. The summed E-state index contributed by atoms with van der Waals surface area (Å²) in [6.45, 7) is 0. The number of carboxylic acid groups (broad SMARTS) is 1. The number of carboxylic acids is 1. The van der Waals surface area contributed by atoms with E-state index in [0.29, 0.717) is 24.9 Å². The van der Waals surface area contributed by atoms with E-state index in [4.69, 9.17) is 16.3 Å². The topological polar surface area (TPSA) is 75.6 Å². The normalized spacial score (nSPS) is 10.5. The zero-order valence-electron chi connectivity index (χ0n) is 12.3. The first-order valence-corrected chi connectivity index (χ1v) is 9.98. The molecular weight excluding hydrogens is 613 g/mol. The molecule has 0 fully saturated rings. The first-order valence-electron chi connectivity index (χ1n) is 6.43. The summed E-state index contributed by atoms with van der Waals surface area (Å²) < 4.78 is 6.55. The Hall–Kier alpha value is -0.610. The molecule has 2 aromatic carbocycles. The molecule has 0 spiro atoms. The number of halogens is 5. The van der Waals surface area contributed by atoms with Crippen molar-refractivity contribution in [2.45, 2.75) is 0 Å². The predicted octanol–water partition coefficient (Wildman–Crippen LogP) is 6.35. The van der Waals surface area contributed by atoms with Crippen molar-refractivity contribution < 1.29 is 19.4 Å². The van der Waals surface area contributed by atoms with Gasteiger partial charge in [0, 0.05) is 24.0 Å². The van der Waals surface area contributed by atoms with Crippen LogP contribution in [-0.4, -0.2) is 24.1 Å². The van der Waals surface area contributed by atoms with Gasteiger partial charge in [-0.25, -0.2) is 4.79 Å². The number of nitrogens with one attached hydrogen (secondary N) is 1. The molecule has 0 unspecified atom stereocenters. The molecule has 0 aromatic heterocycles. The maximum Gasteiger partial charge on any atom is 0.337 e. The van der Waals surface area contributed by atoms with Gasteiger partial charge in [-0.15, -0.1) is 0 Å². The molecule has 0 aliphatic carbocycles. The molecule has 2 aromatic rings. The van der Waals surface area contributed by atoms with Gasteiger partial charge in [0.25, 0.3) is 5.91 Å². The molecule has 0 saturated heterocycles. The summed E-state index contributed by atoms with van der Waals surface area (Å²) in [5.41, 5.74) is 0.0799. The zero-order valence-corrected chi connectivity index (χ0v) is 19.4. The number of anilines is 1.